The van der Waals surface area contributed by atoms with E-state index in [1.54, 1.807) is 0 Å². The quantitative estimate of drug-likeness (QED) is 0.805. The molecule has 0 saturated heterocycles. The first-order valence-electron chi connectivity index (χ1n) is 5.76. The lowest BCUT2D eigenvalue weighted by molar-refractivity contribution is 0.653. The molecule has 1 aliphatic carbocycles. The molecule has 3 nitrogen and oxygen atoms in total. The molecule has 0 spiro atoms. The van der Waals surface area contributed by atoms with Gasteiger partial charge in [-0.25, -0.2) is 9.97 Å². The zero-order chi connectivity index (χ0) is 10.8. The fourth-order valence-electron chi connectivity index (χ4n) is 2.28. The van der Waals surface area contributed by atoms with E-state index in [9.17, 15) is 0 Å². The highest BCUT2D eigenvalue weighted by Crippen LogP contribution is 2.32. The van der Waals surface area contributed by atoms with Crippen molar-refractivity contribution in [2.75, 3.05) is 0 Å². The predicted octanol–water partition coefficient (Wildman–Crippen LogP) is 2.21. The van der Waals surface area contributed by atoms with Crippen molar-refractivity contribution in [1.29, 1.82) is 0 Å². The Bertz CT molecular complexity index is 354. The maximum atomic E-state index is 5.70. The van der Waals surface area contributed by atoms with Gasteiger partial charge in [-0.1, -0.05) is 12.8 Å². The van der Waals surface area contributed by atoms with Crippen molar-refractivity contribution in [2.24, 2.45) is 5.73 Å². The summed E-state index contributed by atoms with van der Waals surface area (Å²) in [5.74, 6) is 1.60. The van der Waals surface area contributed by atoms with Crippen LogP contribution in [0.15, 0.2) is 0 Å². The minimum absolute atomic E-state index is 0.523. The Morgan fingerprint density at radius 2 is 1.87 bits per heavy atom. The van der Waals surface area contributed by atoms with Gasteiger partial charge in [-0.2, -0.15) is 0 Å². The van der Waals surface area contributed by atoms with Crippen LogP contribution >= 0.6 is 0 Å². The number of nitrogens with two attached hydrogens (primary N) is 1. The first-order chi connectivity index (χ1) is 7.22. The highest BCUT2D eigenvalue weighted by atomic mass is 14.9. The van der Waals surface area contributed by atoms with Crippen LogP contribution in [0.3, 0.4) is 0 Å². The predicted molar refractivity (Wildman–Crippen MR) is 60.6 cm³/mol. The van der Waals surface area contributed by atoms with E-state index >= 15 is 0 Å². The molecule has 0 amide bonds. The lowest BCUT2D eigenvalue weighted by atomic mass is 10.1. The zero-order valence-corrected chi connectivity index (χ0v) is 9.58. The molecule has 3 heteroatoms. The summed E-state index contributed by atoms with van der Waals surface area (Å²) < 4.78 is 0. The monoisotopic (exact) mass is 205 g/mol. The number of aromatic nitrogens is 2. The molecule has 1 fully saturated rings. The second-order valence-electron chi connectivity index (χ2n) is 4.42. The van der Waals surface area contributed by atoms with Crippen molar-refractivity contribution < 1.29 is 0 Å². The minimum atomic E-state index is 0.523. The number of hydrogen-bond acceptors (Lipinski definition) is 3. The first kappa shape index (κ1) is 10.6. The molecular weight excluding hydrogens is 186 g/mol. The van der Waals surface area contributed by atoms with Gasteiger partial charge in [-0.3, -0.25) is 0 Å². The molecular formula is C12H19N3. The highest BCUT2D eigenvalue weighted by molar-refractivity contribution is 5.24. The summed E-state index contributed by atoms with van der Waals surface area (Å²) in [6.45, 7) is 4.62. The van der Waals surface area contributed by atoms with E-state index in [1.807, 2.05) is 0 Å². The Hall–Kier alpha value is -0.960. The van der Waals surface area contributed by atoms with Crippen LogP contribution < -0.4 is 5.73 Å². The summed E-state index contributed by atoms with van der Waals surface area (Å²) in [4.78, 5) is 9.19. The fraction of sp³-hybridized carbons (Fsp3) is 0.667. The summed E-state index contributed by atoms with van der Waals surface area (Å²) in [7, 11) is 0. The van der Waals surface area contributed by atoms with Crippen molar-refractivity contribution in [3.8, 4) is 0 Å². The van der Waals surface area contributed by atoms with Crippen LogP contribution in [-0.4, -0.2) is 9.97 Å². The zero-order valence-electron chi connectivity index (χ0n) is 9.58. The molecule has 0 aromatic carbocycles. The van der Waals surface area contributed by atoms with Gasteiger partial charge in [0.25, 0.3) is 0 Å². The van der Waals surface area contributed by atoms with Crippen LogP contribution in [0.2, 0.25) is 0 Å². The topological polar surface area (TPSA) is 51.8 Å². The van der Waals surface area contributed by atoms with Crippen LogP contribution in [-0.2, 0) is 6.54 Å². The van der Waals surface area contributed by atoms with Gasteiger partial charge in [-0.05, 0) is 32.3 Å². The summed E-state index contributed by atoms with van der Waals surface area (Å²) in [6, 6.07) is 0. The van der Waals surface area contributed by atoms with Gasteiger partial charge in [0.15, 0.2) is 0 Å². The molecule has 15 heavy (non-hydrogen) atoms. The molecule has 1 aliphatic rings. The lowest BCUT2D eigenvalue weighted by Gasteiger charge is -2.12. The molecule has 1 saturated carbocycles. The molecule has 0 aliphatic heterocycles. The van der Waals surface area contributed by atoms with E-state index in [2.05, 4.69) is 23.8 Å². The molecule has 0 radical (unpaired) electrons. The van der Waals surface area contributed by atoms with Crippen molar-refractivity contribution >= 4 is 0 Å². The van der Waals surface area contributed by atoms with Crippen LogP contribution in [0.1, 0.15) is 54.4 Å². The van der Waals surface area contributed by atoms with Crippen molar-refractivity contribution in [2.45, 2.75) is 52.0 Å². The van der Waals surface area contributed by atoms with Gasteiger partial charge in [-0.15, -0.1) is 0 Å². The second-order valence-corrected chi connectivity index (χ2v) is 4.42. The Morgan fingerprint density at radius 1 is 1.20 bits per heavy atom. The summed E-state index contributed by atoms with van der Waals surface area (Å²) in [6.07, 6.45) is 5.12. The summed E-state index contributed by atoms with van der Waals surface area (Å²) >= 11 is 0. The molecule has 2 rings (SSSR count). The largest absolute Gasteiger partial charge is 0.325 e. The summed E-state index contributed by atoms with van der Waals surface area (Å²) in [5.41, 5.74) is 8.96. The van der Waals surface area contributed by atoms with E-state index in [0.717, 1.165) is 22.8 Å². The normalized spacial score (nSPS) is 17.3. The van der Waals surface area contributed by atoms with Crippen LogP contribution in [0.5, 0.6) is 0 Å². The molecule has 0 unspecified atom stereocenters. The maximum absolute atomic E-state index is 5.70. The van der Waals surface area contributed by atoms with E-state index in [0.29, 0.717) is 12.5 Å². The number of rotatable bonds is 2. The molecule has 1 aromatic rings. The molecule has 1 aromatic heterocycles. The van der Waals surface area contributed by atoms with E-state index in [-0.39, 0.29) is 0 Å². The van der Waals surface area contributed by atoms with Gasteiger partial charge in [0.1, 0.15) is 5.82 Å². The number of nitrogens with zero attached hydrogens (tertiary/aromatic N) is 2. The Balaban J connectivity index is 2.35. The van der Waals surface area contributed by atoms with E-state index in [4.69, 9.17) is 5.73 Å². The van der Waals surface area contributed by atoms with Gasteiger partial charge in [0, 0.05) is 18.2 Å². The Kier molecular flexibility index (Phi) is 3.00. The molecule has 1 heterocycles. The van der Waals surface area contributed by atoms with Crippen molar-refractivity contribution in [3.63, 3.8) is 0 Å². The Morgan fingerprint density at radius 3 is 2.47 bits per heavy atom. The minimum Gasteiger partial charge on any atom is -0.325 e. The molecule has 0 bridgehead atoms. The summed E-state index contributed by atoms with van der Waals surface area (Å²) in [5, 5.41) is 0. The van der Waals surface area contributed by atoms with E-state index in [1.165, 1.54) is 25.7 Å². The third-order valence-corrected chi connectivity index (χ3v) is 3.42. The van der Waals surface area contributed by atoms with Gasteiger partial charge in [0.2, 0.25) is 0 Å². The number of hydrogen-bond donors (Lipinski definition) is 1. The highest BCUT2D eigenvalue weighted by Gasteiger charge is 2.21. The average molecular weight is 205 g/mol. The van der Waals surface area contributed by atoms with Gasteiger partial charge < -0.3 is 5.73 Å². The molecule has 0 atom stereocenters. The second kappa shape index (κ2) is 4.27. The number of aryl methyl sites for hydroxylation is 1. The standard InChI is InChI=1S/C12H19N3/c1-8-9(2)14-12(15-11(8)7-13)10-5-3-4-6-10/h10H,3-7,13H2,1-2H3. The van der Waals surface area contributed by atoms with Crippen LogP contribution in [0.4, 0.5) is 0 Å². The average Bonchev–Trinajstić information content (AvgIpc) is 2.75. The molecule has 2 N–H and O–H groups in total. The van der Waals surface area contributed by atoms with Gasteiger partial charge >= 0.3 is 0 Å². The smallest absolute Gasteiger partial charge is 0.132 e. The Labute approximate surface area is 91.1 Å². The SMILES string of the molecule is Cc1nc(C2CCCC2)nc(CN)c1C. The van der Waals surface area contributed by atoms with Crippen LogP contribution in [0, 0.1) is 13.8 Å². The first-order valence-corrected chi connectivity index (χ1v) is 5.76. The van der Waals surface area contributed by atoms with Crippen molar-refractivity contribution in [1.82, 2.24) is 9.97 Å². The van der Waals surface area contributed by atoms with E-state index < -0.39 is 0 Å². The maximum Gasteiger partial charge on any atom is 0.132 e. The van der Waals surface area contributed by atoms with Crippen molar-refractivity contribution in [3.05, 3.63) is 22.8 Å². The fourth-order valence-corrected chi connectivity index (χ4v) is 2.28. The van der Waals surface area contributed by atoms with Crippen LogP contribution in [0.25, 0.3) is 0 Å². The molecule has 82 valence electrons. The third-order valence-electron chi connectivity index (χ3n) is 3.42. The lowest BCUT2D eigenvalue weighted by Crippen LogP contribution is -2.11. The van der Waals surface area contributed by atoms with Gasteiger partial charge in [0.05, 0.1) is 5.69 Å². The third kappa shape index (κ3) is 2.02.